The lowest BCUT2D eigenvalue weighted by Crippen LogP contribution is -2.09. The fourth-order valence-corrected chi connectivity index (χ4v) is 3.05. The maximum absolute atomic E-state index is 12.4. The molecule has 0 saturated heterocycles. The highest BCUT2D eigenvalue weighted by Crippen LogP contribution is 2.27. The Bertz CT molecular complexity index is 966. The Morgan fingerprint density at radius 1 is 0.857 bits per heavy atom. The van der Waals surface area contributed by atoms with Gasteiger partial charge in [0.05, 0.1) is 16.6 Å². The minimum atomic E-state index is -0.482. The van der Waals surface area contributed by atoms with Crippen LogP contribution in [0, 0.1) is 0 Å². The smallest absolute Gasteiger partial charge is 0.343 e. The first-order valence-electron chi connectivity index (χ1n) is 8.93. The number of ether oxygens (including phenoxy) is 2. The van der Waals surface area contributed by atoms with Gasteiger partial charge < -0.3 is 9.47 Å². The summed E-state index contributed by atoms with van der Waals surface area (Å²) in [5, 5.41) is 0. The van der Waals surface area contributed by atoms with Crippen molar-refractivity contribution in [2.24, 2.45) is 0 Å². The van der Waals surface area contributed by atoms with Crippen molar-refractivity contribution >= 4 is 27.7 Å². The lowest BCUT2D eigenvalue weighted by molar-refractivity contribution is 0.0734. The number of esters is 1. The molecule has 3 aromatic rings. The molecule has 0 amide bonds. The van der Waals surface area contributed by atoms with Crippen molar-refractivity contribution in [2.45, 2.75) is 13.3 Å². The van der Waals surface area contributed by atoms with Gasteiger partial charge in [0.1, 0.15) is 11.5 Å². The van der Waals surface area contributed by atoms with Crippen LogP contribution in [-0.2, 0) is 0 Å². The van der Waals surface area contributed by atoms with E-state index in [1.807, 2.05) is 25.1 Å². The van der Waals surface area contributed by atoms with Crippen molar-refractivity contribution in [3.8, 4) is 11.5 Å². The average Bonchev–Trinajstić information content (AvgIpc) is 2.73. The van der Waals surface area contributed by atoms with E-state index in [1.165, 1.54) is 0 Å². The molecule has 142 valence electrons. The second-order valence-corrected chi connectivity index (χ2v) is 6.96. The van der Waals surface area contributed by atoms with Crippen molar-refractivity contribution in [3.05, 3.63) is 94.0 Å². The molecule has 3 aromatic carbocycles. The molecule has 0 aromatic heterocycles. The van der Waals surface area contributed by atoms with E-state index in [1.54, 1.807) is 54.6 Å². The molecular formula is C23H19BrO4. The lowest BCUT2D eigenvalue weighted by atomic mass is 10.0. The van der Waals surface area contributed by atoms with Crippen LogP contribution in [0.5, 0.6) is 11.5 Å². The summed E-state index contributed by atoms with van der Waals surface area (Å²) < 4.78 is 11.7. The summed E-state index contributed by atoms with van der Waals surface area (Å²) in [6.45, 7) is 2.63. The maximum atomic E-state index is 12.4. The minimum absolute atomic E-state index is 0.0786. The lowest BCUT2D eigenvalue weighted by Gasteiger charge is -2.09. The van der Waals surface area contributed by atoms with E-state index in [2.05, 4.69) is 15.9 Å². The number of ketones is 1. The zero-order valence-corrected chi connectivity index (χ0v) is 16.9. The van der Waals surface area contributed by atoms with E-state index >= 15 is 0 Å². The van der Waals surface area contributed by atoms with Crippen molar-refractivity contribution in [1.29, 1.82) is 0 Å². The van der Waals surface area contributed by atoms with Gasteiger partial charge in [-0.3, -0.25) is 4.79 Å². The molecule has 0 N–H and O–H groups in total. The first-order valence-corrected chi connectivity index (χ1v) is 9.72. The third-order valence-corrected chi connectivity index (χ3v) is 4.61. The predicted molar refractivity (Wildman–Crippen MR) is 111 cm³/mol. The number of rotatable bonds is 7. The van der Waals surface area contributed by atoms with Gasteiger partial charge in [-0.1, -0.05) is 37.3 Å². The summed E-state index contributed by atoms with van der Waals surface area (Å²) in [4.78, 5) is 24.8. The Balaban J connectivity index is 1.68. The summed E-state index contributed by atoms with van der Waals surface area (Å²) in [5.41, 5.74) is 1.55. The van der Waals surface area contributed by atoms with Crippen molar-refractivity contribution < 1.29 is 19.1 Å². The van der Waals surface area contributed by atoms with Gasteiger partial charge in [0.2, 0.25) is 0 Å². The van der Waals surface area contributed by atoms with Gasteiger partial charge in [0.25, 0.3) is 0 Å². The monoisotopic (exact) mass is 438 g/mol. The van der Waals surface area contributed by atoms with E-state index in [4.69, 9.17) is 9.47 Å². The van der Waals surface area contributed by atoms with Crippen LogP contribution < -0.4 is 9.47 Å². The number of halogens is 1. The molecule has 0 aliphatic rings. The molecule has 0 radical (unpaired) electrons. The summed E-state index contributed by atoms with van der Waals surface area (Å²) in [6, 6.07) is 20.6. The second-order valence-electron chi connectivity index (χ2n) is 6.10. The van der Waals surface area contributed by atoms with E-state index in [-0.39, 0.29) is 5.78 Å². The topological polar surface area (TPSA) is 52.6 Å². The van der Waals surface area contributed by atoms with Crippen LogP contribution in [0.3, 0.4) is 0 Å². The molecule has 0 unspecified atom stereocenters. The van der Waals surface area contributed by atoms with Gasteiger partial charge in [0, 0.05) is 11.1 Å². The average molecular weight is 439 g/mol. The largest absolute Gasteiger partial charge is 0.492 e. The fourth-order valence-electron chi connectivity index (χ4n) is 2.55. The summed E-state index contributed by atoms with van der Waals surface area (Å²) in [6.07, 6.45) is 0.902. The molecule has 28 heavy (non-hydrogen) atoms. The van der Waals surface area contributed by atoms with E-state index in [0.717, 1.165) is 6.42 Å². The van der Waals surface area contributed by atoms with Crippen molar-refractivity contribution in [3.63, 3.8) is 0 Å². The van der Waals surface area contributed by atoms with Crippen LogP contribution >= 0.6 is 15.9 Å². The molecule has 4 nitrogen and oxygen atoms in total. The number of carbonyl (C=O) groups is 2. The third-order valence-electron chi connectivity index (χ3n) is 3.99. The standard InChI is InChI=1S/C23H19BrO4/c1-2-14-27-21-13-10-18(15-20(21)24)23(26)28-19-11-8-17(9-12-19)22(25)16-6-4-3-5-7-16/h3-13,15H,2,14H2,1H3. The van der Waals surface area contributed by atoms with E-state index in [9.17, 15) is 9.59 Å². The summed E-state index contributed by atoms with van der Waals surface area (Å²) >= 11 is 3.41. The van der Waals surface area contributed by atoms with Gasteiger partial charge in [0.15, 0.2) is 5.78 Å². The molecule has 5 heteroatoms. The molecule has 0 spiro atoms. The van der Waals surface area contributed by atoms with Gasteiger partial charge in [-0.25, -0.2) is 4.79 Å². The first-order chi connectivity index (χ1) is 13.6. The molecule has 0 bridgehead atoms. The van der Waals surface area contributed by atoms with Gasteiger partial charge in [-0.2, -0.15) is 0 Å². The SMILES string of the molecule is CCCOc1ccc(C(=O)Oc2ccc(C(=O)c3ccccc3)cc2)cc1Br. The van der Waals surface area contributed by atoms with Crippen LogP contribution in [0.1, 0.15) is 39.6 Å². The molecule has 0 atom stereocenters. The molecule has 0 fully saturated rings. The highest BCUT2D eigenvalue weighted by Gasteiger charge is 2.13. The quantitative estimate of drug-likeness (QED) is 0.270. The van der Waals surface area contributed by atoms with Crippen LogP contribution in [0.25, 0.3) is 0 Å². The number of hydrogen-bond acceptors (Lipinski definition) is 4. The number of benzene rings is 3. The molecular weight excluding hydrogens is 420 g/mol. The molecule has 0 aliphatic carbocycles. The molecule has 3 rings (SSSR count). The number of hydrogen-bond donors (Lipinski definition) is 0. The Morgan fingerprint density at radius 3 is 2.14 bits per heavy atom. The maximum Gasteiger partial charge on any atom is 0.343 e. The van der Waals surface area contributed by atoms with E-state index in [0.29, 0.717) is 39.3 Å². The summed E-state index contributed by atoms with van der Waals surface area (Å²) in [7, 11) is 0. The molecule has 0 saturated carbocycles. The van der Waals surface area contributed by atoms with Gasteiger partial charge in [-0.05, 0) is 64.8 Å². The Labute approximate surface area is 172 Å². The second kappa shape index (κ2) is 9.33. The van der Waals surface area contributed by atoms with Gasteiger partial charge >= 0.3 is 5.97 Å². The van der Waals surface area contributed by atoms with Crippen LogP contribution in [0.2, 0.25) is 0 Å². The highest BCUT2D eigenvalue weighted by atomic mass is 79.9. The molecule has 0 aliphatic heterocycles. The van der Waals surface area contributed by atoms with Gasteiger partial charge in [-0.15, -0.1) is 0 Å². The van der Waals surface area contributed by atoms with E-state index < -0.39 is 5.97 Å². The molecule has 0 heterocycles. The first kappa shape index (κ1) is 19.8. The Kier molecular flexibility index (Phi) is 6.61. The Hall–Kier alpha value is -2.92. The predicted octanol–water partition coefficient (Wildman–Crippen LogP) is 5.69. The van der Waals surface area contributed by atoms with Crippen LogP contribution in [0.15, 0.2) is 77.3 Å². The summed E-state index contributed by atoms with van der Waals surface area (Å²) in [5.74, 6) is 0.495. The normalized spacial score (nSPS) is 10.4. The van der Waals surface area contributed by atoms with Crippen molar-refractivity contribution in [1.82, 2.24) is 0 Å². The zero-order valence-electron chi connectivity index (χ0n) is 15.4. The third kappa shape index (κ3) is 4.87. The number of carbonyl (C=O) groups excluding carboxylic acids is 2. The van der Waals surface area contributed by atoms with Crippen LogP contribution in [-0.4, -0.2) is 18.4 Å². The Morgan fingerprint density at radius 2 is 1.50 bits per heavy atom. The highest BCUT2D eigenvalue weighted by molar-refractivity contribution is 9.10. The zero-order chi connectivity index (χ0) is 19.9. The fraction of sp³-hybridized carbons (Fsp3) is 0.130. The van der Waals surface area contributed by atoms with Crippen LogP contribution in [0.4, 0.5) is 0 Å². The van der Waals surface area contributed by atoms with Crippen molar-refractivity contribution in [2.75, 3.05) is 6.61 Å². The minimum Gasteiger partial charge on any atom is -0.492 e.